The van der Waals surface area contributed by atoms with Gasteiger partial charge in [-0.1, -0.05) is 0 Å². The second-order valence-electron chi connectivity index (χ2n) is 3.27. The summed E-state index contributed by atoms with van der Waals surface area (Å²) in [4.78, 5) is 0. The molecule has 1 atom stereocenters. The maximum atomic E-state index is 13.2. The third-order valence-electron chi connectivity index (χ3n) is 2.66. The molecule has 1 heterocycles. The van der Waals surface area contributed by atoms with Gasteiger partial charge in [0.15, 0.2) is 4.58 Å². The Hall–Kier alpha value is 0.370. The van der Waals surface area contributed by atoms with E-state index in [-0.39, 0.29) is 5.41 Å². The van der Waals surface area contributed by atoms with Crippen LogP contribution in [0.2, 0.25) is 0 Å². The predicted octanol–water partition coefficient (Wildman–Crippen LogP) is 2.25. The summed E-state index contributed by atoms with van der Waals surface area (Å²) in [6.07, 6.45) is 2.45. The fourth-order valence-corrected chi connectivity index (χ4v) is 2.62. The number of ether oxygens (including phenoxy) is 1. The summed E-state index contributed by atoms with van der Waals surface area (Å²) < 4.78 is 17.3. The number of alkyl halides is 2. The molecule has 58 valence electrons. The molecule has 1 nitrogen and oxygen atoms in total. The SMILES string of the molecule is FC1(Br)CC12CCOCC2. The predicted molar refractivity (Wildman–Crippen MR) is 39.9 cm³/mol. The summed E-state index contributed by atoms with van der Waals surface area (Å²) in [7, 11) is 0. The van der Waals surface area contributed by atoms with Gasteiger partial charge in [0, 0.05) is 25.0 Å². The van der Waals surface area contributed by atoms with Gasteiger partial charge in [-0.25, -0.2) is 4.39 Å². The fourth-order valence-electron chi connectivity index (χ4n) is 1.69. The summed E-state index contributed by atoms with van der Waals surface area (Å²) in [5, 5.41) is 0. The molecule has 1 saturated carbocycles. The Kier molecular flexibility index (Phi) is 1.37. The van der Waals surface area contributed by atoms with Crippen LogP contribution >= 0.6 is 15.9 Å². The molecule has 2 aliphatic rings. The van der Waals surface area contributed by atoms with E-state index in [1.165, 1.54) is 0 Å². The molecule has 3 heteroatoms. The van der Waals surface area contributed by atoms with E-state index in [0.717, 1.165) is 26.1 Å². The van der Waals surface area contributed by atoms with Crippen LogP contribution in [0, 0.1) is 5.41 Å². The zero-order valence-corrected chi connectivity index (χ0v) is 7.29. The van der Waals surface area contributed by atoms with Crippen LogP contribution in [0.25, 0.3) is 0 Å². The van der Waals surface area contributed by atoms with Crippen LogP contribution in [0.15, 0.2) is 0 Å². The lowest BCUT2D eigenvalue weighted by molar-refractivity contribution is 0.0464. The average molecular weight is 209 g/mol. The van der Waals surface area contributed by atoms with Gasteiger partial charge in [0.1, 0.15) is 0 Å². The maximum absolute atomic E-state index is 13.2. The number of hydrogen-bond acceptors (Lipinski definition) is 1. The van der Waals surface area contributed by atoms with Crippen molar-refractivity contribution in [3.8, 4) is 0 Å². The molecule has 1 unspecified atom stereocenters. The number of halogens is 2. The normalized spacial score (nSPS) is 43.8. The average Bonchev–Trinajstić information content (AvgIpc) is 2.36. The van der Waals surface area contributed by atoms with Gasteiger partial charge in [-0.05, 0) is 28.8 Å². The van der Waals surface area contributed by atoms with E-state index in [4.69, 9.17) is 4.74 Å². The Labute approximate surface area is 68.1 Å². The van der Waals surface area contributed by atoms with E-state index in [9.17, 15) is 4.39 Å². The van der Waals surface area contributed by atoms with E-state index in [1.807, 2.05) is 0 Å². The van der Waals surface area contributed by atoms with E-state index >= 15 is 0 Å². The molecule has 10 heavy (non-hydrogen) atoms. The summed E-state index contributed by atoms with van der Waals surface area (Å²) in [6, 6.07) is 0. The summed E-state index contributed by atoms with van der Waals surface area (Å²) in [5.41, 5.74) is -0.0503. The highest BCUT2D eigenvalue weighted by Gasteiger charge is 2.67. The topological polar surface area (TPSA) is 9.23 Å². The third kappa shape index (κ3) is 0.832. The molecule has 0 bridgehead atoms. The zero-order chi connectivity index (χ0) is 7.24. The van der Waals surface area contributed by atoms with Gasteiger partial charge < -0.3 is 4.74 Å². The van der Waals surface area contributed by atoms with E-state index in [0.29, 0.717) is 6.42 Å². The van der Waals surface area contributed by atoms with Gasteiger partial charge in [0.2, 0.25) is 0 Å². The second kappa shape index (κ2) is 1.95. The van der Waals surface area contributed by atoms with E-state index in [1.54, 1.807) is 0 Å². The Morgan fingerprint density at radius 1 is 1.30 bits per heavy atom. The fraction of sp³-hybridized carbons (Fsp3) is 1.00. The smallest absolute Gasteiger partial charge is 0.171 e. The van der Waals surface area contributed by atoms with Crippen molar-refractivity contribution in [1.29, 1.82) is 0 Å². The zero-order valence-electron chi connectivity index (χ0n) is 5.70. The molecular formula is C7H10BrFO. The van der Waals surface area contributed by atoms with Crippen LogP contribution in [0.1, 0.15) is 19.3 Å². The summed E-state index contributed by atoms with van der Waals surface area (Å²) in [6.45, 7) is 1.47. The third-order valence-corrected chi connectivity index (χ3v) is 3.78. The first-order valence-corrected chi connectivity index (χ1v) is 4.41. The molecule has 2 fully saturated rings. The van der Waals surface area contributed by atoms with Crippen LogP contribution in [0.5, 0.6) is 0 Å². The largest absolute Gasteiger partial charge is 0.381 e. The molecule has 0 amide bonds. The first-order valence-electron chi connectivity index (χ1n) is 3.62. The molecule has 0 aromatic heterocycles. The van der Waals surface area contributed by atoms with Crippen LogP contribution in [-0.4, -0.2) is 17.8 Å². The quantitative estimate of drug-likeness (QED) is 0.556. The van der Waals surface area contributed by atoms with Crippen molar-refractivity contribution in [3.05, 3.63) is 0 Å². The van der Waals surface area contributed by atoms with E-state index < -0.39 is 4.58 Å². The molecule has 1 aliphatic carbocycles. The molecule has 1 aliphatic heterocycles. The Balaban J connectivity index is 2.05. The Bertz CT molecular complexity index is 152. The highest BCUT2D eigenvalue weighted by atomic mass is 79.9. The van der Waals surface area contributed by atoms with Crippen LogP contribution in [0.4, 0.5) is 4.39 Å². The second-order valence-corrected chi connectivity index (χ2v) is 4.53. The van der Waals surface area contributed by atoms with Gasteiger partial charge in [0.05, 0.1) is 0 Å². The molecule has 0 aromatic carbocycles. The highest BCUT2D eigenvalue weighted by molar-refractivity contribution is 9.10. The minimum absolute atomic E-state index is 0.0503. The molecule has 2 rings (SSSR count). The highest BCUT2D eigenvalue weighted by Crippen LogP contribution is 2.68. The Morgan fingerprint density at radius 3 is 2.10 bits per heavy atom. The van der Waals surface area contributed by atoms with Crippen LogP contribution < -0.4 is 0 Å². The van der Waals surface area contributed by atoms with E-state index in [2.05, 4.69) is 15.9 Å². The number of hydrogen-bond donors (Lipinski definition) is 0. The summed E-state index contributed by atoms with van der Waals surface area (Å²) in [5.74, 6) is 0. The van der Waals surface area contributed by atoms with Gasteiger partial charge in [-0.15, -0.1) is 0 Å². The van der Waals surface area contributed by atoms with Gasteiger partial charge in [-0.2, -0.15) is 0 Å². The van der Waals surface area contributed by atoms with Gasteiger partial charge in [-0.3, -0.25) is 0 Å². The lowest BCUT2D eigenvalue weighted by Crippen LogP contribution is -2.21. The molecule has 1 saturated heterocycles. The molecule has 0 N–H and O–H groups in total. The van der Waals surface area contributed by atoms with Crippen molar-refractivity contribution in [2.24, 2.45) is 5.41 Å². The van der Waals surface area contributed by atoms with Crippen molar-refractivity contribution in [1.82, 2.24) is 0 Å². The van der Waals surface area contributed by atoms with Gasteiger partial charge >= 0.3 is 0 Å². The minimum Gasteiger partial charge on any atom is -0.381 e. The Morgan fingerprint density at radius 2 is 1.80 bits per heavy atom. The van der Waals surface area contributed by atoms with Crippen LogP contribution in [0.3, 0.4) is 0 Å². The minimum atomic E-state index is -1.05. The van der Waals surface area contributed by atoms with Crippen molar-refractivity contribution >= 4 is 15.9 Å². The van der Waals surface area contributed by atoms with Gasteiger partial charge in [0.25, 0.3) is 0 Å². The first-order chi connectivity index (χ1) is 4.66. The monoisotopic (exact) mass is 208 g/mol. The molecule has 0 aromatic rings. The lowest BCUT2D eigenvalue weighted by Gasteiger charge is -2.22. The first kappa shape index (κ1) is 7.04. The van der Waals surface area contributed by atoms with Crippen molar-refractivity contribution in [2.45, 2.75) is 23.8 Å². The van der Waals surface area contributed by atoms with Crippen molar-refractivity contribution < 1.29 is 9.13 Å². The number of rotatable bonds is 0. The van der Waals surface area contributed by atoms with Crippen molar-refractivity contribution in [3.63, 3.8) is 0 Å². The molecular weight excluding hydrogens is 199 g/mol. The van der Waals surface area contributed by atoms with Crippen LogP contribution in [-0.2, 0) is 4.74 Å². The molecule has 0 radical (unpaired) electrons. The van der Waals surface area contributed by atoms with Crippen molar-refractivity contribution in [2.75, 3.05) is 13.2 Å². The summed E-state index contributed by atoms with van der Waals surface area (Å²) >= 11 is 3.08. The lowest BCUT2D eigenvalue weighted by atomic mass is 9.97. The maximum Gasteiger partial charge on any atom is 0.171 e. The molecule has 1 spiro atoms. The standard InChI is InChI=1S/C7H10BrFO/c8-7(9)5-6(7)1-3-10-4-2-6/h1-5H2.